The lowest BCUT2D eigenvalue weighted by molar-refractivity contribution is -0.115. The average Bonchev–Trinajstić information content (AvgIpc) is 2.48. The van der Waals surface area contributed by atoms with E-state index in [1.54, 1.807) is 19.1 Å². The van der Waals surface area contributed by atoms with Crippen LogP contribution >= 0.6 is 11.6 Å². The monoisotopic (exact) mass is 332 g/mol. The van der Waals surface area contributed by atoms with Crippen molar-refractivity contribution in [2.24, 2.45) is 0 Å². The Bertz CT molecular complexity index is 595. The predicted octanol–water partition coefficient (Wildman–Crippen LogP) is 1.27. The van der Waals surface area contributed by atoms with Crippen LogP contribution in [0.4, 0.5) is 5.69 Å². The number of amides is 1. The van der Waals surface area contributed by atoms with Crippen LogP contribution in [0.2, 0.25) is 0 Å². The fourth-order valence-electron chi connectivity index (χ4n) is 1.89. The molecule has 0 aromatic heterocycles. The van der Waals surface area contributed by atoms with E-state index in [1.165, 1.54) is 16.4 Å². The van der Waals surface area contributed by atoms with Gasteiger partial charge >= 0.3 is 0 Å². The minimum absolute atomic E-state index is 0.196. The lowest BCUT2D eigenvalue weighted by Gasteiger charge is -2.26. The zero-order chi connectivity index (χ0) is 15.5. The number of halogens is 1. The molecule has 0 saturated carbocycles. The highest BCUT2D eigenvalue weighted by molar-refractivity contribution is 7.89. The summed E-state index contributed by atoms with van der Waals surface area (Å²) in [5, 5.41) is 1.95. The summed E-state index contributed by atoms with van der Waals surface area (Å²) in [5.74, 6) is -0.333. The Labute approximate surface area is 129 Å². The second-order valence-corrected chi connectivity index (χ2v) is 7.24. The van der Waals surface area contributed by atoms with Crippen molar-refractivity contribution in [2.45, 2.75) is 17.2 Å². The van der Waals surface area contributed by atoms with Crippen LogP contribution in [-0.2, 0) is 19.6 Å². The Morgan fingerprint density at radius 1 is 1.29 bits per heavy atom. The van der Waals surface area contributed by atoms with Gasteiger partial charge < -0.3 is 10.1 Å². The van der Waals surface area contributed by atoms with E-state index in [2.05, 4.69) is 5.32 Å². The predicted molar refractivity (Wildman–Crippen MR) is 80.0 cm³/mol. The number of nitrogens with zero attached hydrogens (tertiary/aromatic N) is 1. The van der Waals surface area contributed by atoms with Crippen LogP contribution in [0, 0.1) is 0 Å². The first-order valence-electron chi connectivity index (χ1n) is 6.54. The van der Waals surface area contributed by atoms with Crippen LogP contribution in [0.1, 0.15) is 6.92 Å². The molecule has 0 radical (unpaired) electrons. The van der Waals surface area contributed by atoms with Crippen molar-refractivity contribution in [3.8, 4) is 0 Å². The summed E-state index contributed by atoms with van der Waals surface area (Å²) in [6.45, 7) is 3.07. The molecule has 1 fully saturated rings. The Kier molecular flexibility index (Phi) is 5.21. The molecular weight excluding hydrogens is 316 g/mol. The highest BCUT2D eigenvalue weighted by atomic mass is 35.5. The number of sulfonamides is 1. The smallest absolute Gasteiger partial charge is 0.243 e. The van der Waals surface area contributed by atoms with Gasteiger partial charge in [-0.05, 0) is 31.2 Å². The third-order valence-corrected chi connectivity index (χ3v) is 5.20. The number of rotatable bonds is 4. The summed E-state index contributed by atoms with van der Waals surface area (Å²) in [6.07, 6.45) is 0. The van der Waals surface area contributed by atoms with Crippen LogP contribution in [0.5, 0.6) is 0 Å². The zero-order valence-corrected chi connectivity index (χ0v) is 13.2. The van der Waals surface area contributed by atoms with Gasteiger partial charge in [-0.15, -0.1) is 11.6 Å². The average molecular weight is 333 g/mol. The molecule has 1 unspecified atom stereocenters. The van der Waals surface area contributed by atoms with Crippen LogP contribution in [-0.4, -0.2) is 50.3 Å². The van der Waals surface area contributed by atoms with E-state index in [1.807, 2.05) is 0 Å². The van der Waals surface area contributed by atoms with Gasteiger partial charge in [-0.2, -0.15) is 4.31 Å². The van der Waals surface area contributed by atoms with Crippen molar-refractivity contribution >= 4 is 33.2 Å². The molecule has 1 aliphatic rings. The van der Waals surface area contributed by atoms with E-state index in [-0.39, 0.29) is 10.8 Å². The summed E-state index contributed by atoms with van der Waals surface area (Å²) >= 11 is 5.66. The second-order valence-electron chi connectivity index (χ2n) is 4.65. The number of carbonyl (C=O) groups is 1. The van der Waals surface area contributed by atoms with Crippen molar-refractivity contribution < 1.29 is 17.9 Å². The van der Waals surface area contributed by atoms with Crippen LogP contribution in [0.25, 0.3) is 0 Å². The van der Waals surface area contributed by atoms with E-state index >= 15 is 0 Å². The fourth-order valence-corrected chi connectivity index (χ4v) is 3.35. The molecule has 1 saturated heterocycles. The molecule has 1 heterocycles. The van der Waals surface area contributed by atoms with Gasteiger partial charge in [0.2, 0.25) is 15.9 Å². The summed E-state index contributed by atoms with van der Waals surface area (Å²) < 4.78 is 31.3. The second kappa shape index (κ2) is 6.74. The van der Waals surface area contributed by atoms with Gasteiger partial charge in [-0.1, -0.05) is 0 Å². The van der Waals surface area contributed by atoms with Gasteiger partial charge in [0.1, 0.15) is 5.38 Å². The molecule has 0 bridgehead atoms. The van der Waals surface area contributed by atoms with E-state index in [4.69, 9.17) is 16.3 Å². The van der Waals surface area contributed by atoms with Gasteiger partial charge in [0.15, 0.2) is 0 Å². The molecular formula is C13H17ClN2O4S. The van der Waals surface area contributed by atoms with E-state index < -0.39 is 15.4 Å². The van der Waals surface area contributed by atoms with Crippen molar-refractivity contribution in [3.63, 3.8) is 0 Å². The molecule has 0 aliphatic carbocycles. The number of hydrogen-bond acceptors (Lipinski definition) is 4. The number of morpholine rings is 1. The SMILES string of the molecule is CC(Cl)C(=O)Nc1ccc(S(=O)(=O)N2CCOCC2)cc1. The third-order valence-electron chi connectivity index (χ3n) is 3.09. The molecule has 116 valence electrons. The van der Waals surface area contributed by atoms with Crippen LogP contribution in [0.3, 0.4) is 0 Å². The summed E-state index contributed by atoms with van der Waals surface area (Å²) in [7, 11) is -3.51. The van der Waals surface area contributed by atoms with Crippen LogP contribution in [0.15, 0.2) is 29.2 Å². The Hall–Kier alpha value is -1.15. The van der Waals surface area contributed by atoms with E-state index in [0.717, 1.165) is 0 Å². The number of alkyl halides is 1. The minimum Gasteiger partial charge on any atom is -0.379 e. The molecule has 1 atom stereocenters. The third kappa shape index (κ3) is 3.94. The Morgan fingerprint density at radius 2 is 1.86 bits per heavy atom. The van der Waals surface area contributed by atoms with Gasteiger partial charge in [0, 0.05) is 18.8 Å². The lowest BCUT2D eigenvalue weighted by Crippen LogP contribution is -2.40. The largest absolute Gasteiger partial charge is 0.379 e. The lowest BCUT2D eigenvalue weighted by atomic mass is 10.3. The molecule has 1 N–H and O–H groups in total. The zero-order valence-electron chi connectivity index (χ0n) is 11.6. The number of anilines is 1. The minimum atomic E-state index is -3.51. The van der Waals surface area contributed by atoms with Crippen molar-refractivity contribution in [2.75, 3.05) is 31.6 Å². The van der Waals surface area contributed by atoms with E-state index in [0.29, 0.717) is 32.0 Å². The number of benzene rings is 1. The molecule has 1 amide bonds. The summed E-state index contributed by atoms with van der Waals surface area (Å²) in [4.78, 5) is 11.7. The Morgan fingerprint density at radius 3 is 2.38 bits per heavy atom. The maximum atomic E-state index is 12.4. The Balaban J connectivity index is 2.12. The quantitative estimate of drug-likeness (QED) is 0.843. The van der Waals surface area contributed by atoms with Gasteiger partial charge in [-0.25, -0.2) is 8.42 Å². The van der Waals surface area contributed by atoms with Gasteiger partial charge in [-0.3, -0.25) is 4.79 Å². The maximum Gasteiger partial charge on any atom is 0.243 e. The topological polar surface area (TPSA) is 75.7 Å². The molecule has 8 heteroatoms. The van der Waals surface area contributed by atoms with Crippen molar-refractivity contribution in [1.29, 1.82) is 0 Å². The standard InChI is InChI=1S/C13H17ClN2O4S/c1-10(14)13(17)15-11-2-4-12(5-3-11)21(18,19)16-6-8-20-9-7-16/h2-5,10H,6-9H2,1H3,(H,15,17). The number of carbonyl (C=O) groups excluding carboxylic acids is 1. The van der Waals surface area contributed by atoms with Crippen molar-refractivity contribution in [1.82, 2.24) is 4.31 Å². The van der Waals surface area contributed by atoms with Crippen LogP contribution < -0.4 is 5.32 Å². The molecule has 2 rings (SSSR count). The first kappa shape index (κ1) is 16.2. The fraction of sp³-hybridized carbons (Fsp3) is 0.462. The number of ether oxygens (including phenoxy) is 1. The summed E-state index contributed by atoms with van der Waals surface area (Å²) in [5.41, 5.74) is 0.508. The molecule has 1 aromatic carbocycles. The normalized spacial score (nSPS) is 18.2. The molecule has 21 heavy (non-hydrogen) atoms. The molecule has 6 nitrogen and oxygen atoms in total. The highest BCUT2D eigenvalue weighted by Crippen LogP contribution is 2.19. The summed E-state index contributed by atoms with van der Waals surface area (Å²) in [6, 6.07) is 6.04. The first-order valence-corrected chi connectivity index (χ1v) is 8.42. The maximum absolute atomic E-state index is 12.4. The first-order chi connectivity index (χ1) is 9.91. The highest BCUT2D eigenvalue weighted by Gasteiger charge is 2.26. The molecule has 1 aliphatic heterocycles. The molecule has 0 spiro atoms. The molecule has 1 aromatic rings. The van der Waals surface area contributed by atoms with Crippen molar-refractivity contribution in [3.05, 3.63) is 24.3 Å². The van der Waals surface area contributed by atoms with Gasteiger partial charge in [0.05, 0.1) is 18.1 Å². The van der Waals surface area contributed by atoms with Gasteiger partial charge in [0.25, 0.3) is 0 Å². The number of hydrogen-bond donors (Lipinski definition) is 1. The van der Waals surface area contributed by atoms with E-state index in [9.17, 15) is 13.2 Å². The number of nitrogens with one attached hydrogen (secondary N) is 1.